The number of ketones is 1. The number of methoxy groups -OCH3 is 1. The van der Waals surface area contributed by atoms with Crippen molar-refractivity contribution in [3.8, 4) is 6.07 Å². The fourth-order valence-electron chi connectivity index (χ4n) is 2.14. The van der Waals surface area contributed by atoms with Crippen molar-refractivity contribution >= 4 is 29.0 Å². The first-order valence-electron chi connectivity index (χ1n) is 7.92. The number of rotatable bonds is 6. The zero-order valence-electron chi connectivity index (χ0n) is 14.8. The van der Waals surface area contributed by atoms with Crippen molar-refractivity contribution in [2.45, 2.75) is 6.92 Å². The SMILES string of the molecule is COC(=O)c1cccc(N/C=C(/C#N)C(=O)Nc2ccc(C(C)=O)cc2)c1. The second-order valence-corrected chi connectivity index (χ2v) is 5.47. The summed E-state index contributed by atoms with van der Waals surface area (Å²) >= 11 is 0. The van der Waals surface area contributed by atoms with Crippen LogP contribution in [-0.4, -0.2) is 24.8 Å². The Bertz CT molecular complexity index is 940. The number of nitriles is 1. The molecule has 0 saturated heterocycles. The third-order valence-electron chi connectivity index (χ3n) is 3.58. The van der Waals surface area contributed by atoms with E-state index >= 15 is 0 Å². The van der Waals surface area contributed by atoms with E-state index in [1.54, 1.807) is 42.5 Å². The number of hydrogen-bond donors (Lipinski definition) is 2. The Balaban J connectivity index is 2.09. The van der Waals surface area contributed by atoms with E-state index in [2.05, 4.69) is 15.4 Å². The lowest BCUT2D eigenvalue weighted by atomic mass is 10.1. The van der Waals surface area contributed by atoms with Gasteiger partial charge in [-0.25, -0.2) is 4.79 Å². The molecule has 2 rings (SSSR count). The first kappa shape index (κ1) is 19.4. The molecule has 2 N–H and O–H groups in total. The number of carbonyl (C=O) groups excluding carboxylic acids is 3. The first-order chi connectivity index (χ1) is 12.9. The lowest BCUT2D eigenvalue weighted by Crippen LogP contribution is -2.14. The molecular weight excluding hydrogens is 346 g/mol. The van der Waals surface area contributed by atoms with Gasteiger partial charge in [0.15, 0.2) is 5.78 Å². The summed E-state index contributed by atoms with van der Waals surface area (Å²) in [6, 6.07) is 14.6. The van der Waals surface area contributed by atoms with Gasteiger partial charge in [0.25, 0.3) is 5.91 Å². The lowest BCUT2D eigenvalue weighted by Gasteiger charge is -2.06. The maximum atomic E-state index is 12.2. The minimum absolute atomic E-state index is 0.0797. The molecule has 0 heterocycles. The maximum Gasteiger partial charge on any atom is 0.337 e. The topological polar surface area (TPSA) is 108 Å². The number of Topliss-reactive ketones (excluding diaryl/α,β-unsaturated/α-hetero) is 1. The summed E-state index contributed by atoms with van der Waals surface area (Å²) in [5, 5.41) is 14.6. The predicted molar refractivity (Wildman–Crippen MR) is 100 cm³/mol. The van der Waals surface area contributed by atoms with Crippen LogP contribution in [-0.2, 0) is 9.53 Å². The highest BCUT2D eigenvalue weighted by Crippen LogP contribution is 2.14. The van der Waals surface area contributed by atoms with Gasteiger partial charge in [-0.1, -0.05) is 6.07 Å². The number of hydrogen-bond acceptors (Lipinski definition) is 6. The number of nitrogens with zero attached hydrogens (tertiary/aromatic N) is 1. The Labute approximate surface area is 156 Å². The second kappa shape index (κ2) is 8.97. The molecule has 0 aromatic heterocycles. The molecule has 0 aliphatic rings. The molecule has 0 aliphatic heterocycles. The molecule has 0 fully saturated rings. The van der Waals surface area contributed by atoms with Gasteiger partial charge in [-0.05, 0) is 49.4 Å². The summed E-state index contributed by atoms with van der Waals surface area (Å²) in [5.41, 5.74) is 1.68. The number of ether oxygens (including phenoxy) is 1. The van der Waals surface area contributed by atoms with E-state index in [0.29, 0.717) is 22.5 Å². The zero-order valence-corrected chi connectivity index (χ0v) is 14.8. The van der Waals surface area contributed by atoms with Crippen molar-refractivity contribution in [3.63, 3.8) is 0 Å². The smallest absolute Gasteiger partial charge is 0.337 e. The van der Waals surface area contributed by atoms with E-state index in [1.807, 2.05) is 6.07 Å². The molecule has 0 radical (unpaired) electrons. The summed E-state index contributed by atoms with van der Waals surface area (Å²) in [6.07, 6.45) is 1.25. The fraction of sp³-hybridized carbons (Fsp3) is 0.100. The minimum atomic E-state index is -0.607. The molecule has 2 aromatic rings. The highest BCUT2D eigenvalue weighted by Gasteiger charge is 2.10. The highest BCUT2D eigenvalue weighted by atomic mass is 16.5. The van der Waals surface area contributed by atoms with Crippen molar-refractivity contribution in [3.05, 3.63) is 71.4 Å². The van der Waals surface area contributed by atoms with Gasteiger partial charge in [0.2, 0.25) is 0 Å². The number of carbonyl (C=O) groups is 3. The molecule has 0 saturated carbocycles. The van der Waals surface area contributed by atoms with Gasteiger partial charge < -0.3 is 15.4 Å². The number of esters is 1. The van der Waals surface area contributed by atoms with Crippen molar-refractivity contribution in [2.75, 3.05) is 17.7 Å². The van der Waals surface area contributed by atoms with Crippen LogP contribution in [0, 0.1) is 11.3 Å². The molecule has 136 valence electrons. The van der Waals surface area contributed by atoms with E-state index < -0.39 is 11.9 Å². The van der Waals surface area contributed by atoms with Crippen LogP contribution in [0.15, 0.2) is 60.3 Å². The normalized spacial score (nSPS) is 10.5. The number of anilines is 2. The summed E-state index contributed by atoms with van der Waals surface area (Å²) in [7, 11) is 1.28. The third-order valence-corrected chi connectivity index (χ3v) is 3.58. The van der Waals surface area contributed by atoms with Gasteiger partial charge in [0.1, 0.15) is 11.6 Å². The third kappa shape index (κ3) is 5.28. The number of amides is 1. The summed E-state index contributed by atoms with van der Waals surface area (Å²) in [4.78, 5) is 35.0. The predicted octanol–water partition coefficient (Wildman–Crippen LogP) is 3.13. The van der Waals surface area contributed by atoms with Crippen LogP contribution in [0.5, 0.6) is 0 Å². The quantitative estimate of drug-likeness (QED) is 0.353. The molecule has 0 aliphatic carbocycles. The van der Waals surface area contributed by atoms with Crippen molar-refractivity contribution in [1.82, 2.24) is 0 Å². The van der Waals surface area contributed by atoms with Gasteiger partial charge in [-0.3, -0.25) is 9.59 Å². The van der Waals surface area contributed by atoms with Crippen LogP contribution in [0.25, 0.3) is 0 Å². The van der Waals surface area contributed by atoms with Crippen LogP contribution in [0.3, 0.4) is 0 Å². The zero-order chi connectivity index (χ0) is 19.8. The largest absolute Gasteiger partial charge is 0.465 e. The Kier molecular flexibility index (Phi) is 6.44. The van der Waals surface area contributed by atoms with E-state index in [0.717, 1.165) is 0 Å². The molecule has 0 spiro atoms. The average Bonchev–Trinajstić information content (AvgIpc) is 2.68. The van der Waals surface area contributed by atoms with Crippen LogP contribution in [0.4, 0.5) is 11.4 Å². The highest BCUT2D eigenvalue weighted by molar-refractivity contribution is 6.07. The van der Waals surface area contributed by atoms with Gasteiger partial charge in [-0.15, -0.1) is 0 Å². The molecule has 1 amide bonds. The monoisotopic (exact) mass is 363 g/mol. The first-order valence-corrected chi connectivity index (χ1v) is 7.92. The molecule has 0 bridgehead atoms. The Morgan fingerprint density at radius 1 is 1.04 bits per heavy atom. The van der Waals surface area contributed by atoms with Crippen LogP contribution < -0.4 is 10.6 Å². The minimum Gasteiger partial charge on any atom is -0.465 e. The van der Waals surface area contributed by atoms with Crippen molar-refractivity contribution in [2.24, 2.45) is 0 Å². The molecule has 7 nitrogen and oxygen atoms in total. The molecule has 0 unspecified atom stereocenters. The van der Waals surface area contributed by atoms with E-state index in [9.17, 15) is 19.6 Å². The van der Waals surface area contributed by atoms with Crippen LogP contribution in [0.2, 0.25) is 0 Å². The van der Waals surface area contributed by atoms with Gasteiger partial charge in [0.05, 0.1) is 12.7 Å². The standard InChI is InChI=1S/C20H17N3O4/c1-13(24)14-6-8-17(9-7-14)23-19(25)16(11-21)12-22-18-5-3-4-15(10-18)20(26)27-2/h3-10,12,22H,1-2H3,(H,23,25)/b16-12-. The van der Waals surface area contributed by atoms with Gasteiger partial charge in [-0.2, -0.15) is 5.26 Å². The summed E-state index contributed by atoms with van der Waals surface area (Å²) < 4.78 is 4.65. The maximum absolute atomic E-state index is 12.2. The van der Waals surface area contributed by atoms with Crippen LogP contribution in [0.1, 0.15) is 27.6 Å². The Morgan fingerprint density at radius 2 is 1.74 bits per heavy atom. The van der Waals surface area contributed by atoms with E-state index in [4.69, 9.17) is 0 Å². The second-order valence-electron chi connectivity index (χ2n) is 5.47. The average molecular weight is 363 g/mol. The van der Waals surface area contributed by atoms with E-state index in [-0.39, 0.29) is 11.4 Å². The Morgan fingerprint density at radius 3 is 2.33 bits per heavy atom. The molecule has 27 heavy (non-hydrogen) atoms. The molecule has 7 heteroatoms. The van der Waals surface area contributed by atoms with Gasteiger partial charge >= 0.3 is 5.97 Å². The lowest BCUT2D eigenvalue weighted by molar-refractivity contribution is -0.112. The Hall–Kier alpha value is -3.92. The fourth-order valence-corrected chi connectivity index (χ4v) is 2.14. The number of benzene rings is 2. The summed E-state index contributed by atoms with van der Waals surface area (Å²) in [6.45, 7) is 1.45. The van der Waals surface area contributed by atoms with Crippen LogP contribution >= 0.6 is 0 Å². The number of nitrogens with one attached hydrogen (secondary N) is 2. The molecule has 2 aromatic carbocycles. The molecular formula is C20H17N3O4. The van der Waals surface area contributed by atoms with Crippen molar-refractivity contribution < 1.29 is 19.1 Å². The van der Waals surface area contributed by atoms with E-state index in [1.165, 1.54) is 26.3 Å². The summed E-state index contributed by atoms with van der Waals surface area (Å²) in [5.74, 6) is -1.18. The molecule has 0 atom stereocenters. The van der Waals surface area contributed by atoms with Crippen molar-refractivity contribution in [1.29, 1.82) is 5.26 Å². The van der Waals surface area contributed by atoms with Gasteiger partial charge in [0, 0.05) is 23.1 Å².